The van der Waals surface area contributed by atoms with Crippen molar-refractivity contribution >= 4 is 46.7 Å². The molecule has 36 heavy (non-hydrogen) atoms. The Balaban J connectivity index is 1.33. The van der Waals surface area contributed by atoms with Crippen molar-refractivity contribution < 1.29 is 14.4 Å². The SMILES string of the molecule is Cc1c(N2C(=O)C3C4C[C@H](CN4C(=O)C4(c5ccc(Cl)cc5)CCCC4)N3C2=O)ccc(C#N)c1Cl. The molecule has 0 N–H and O–H groups in total. The van der Waals surface area contributed by atoms with Crippen LogP contribution in [-0.2, 0) is 15.0 Å². The highest BCUT2D eigenvalue weighted by atomic mass is 35.5. The molecule has 3 atom stereocenters. The third-order valence-corrected chi connectivity index (χ3v) is 9.25. The minimum atomic E-state index is -0.710. The molecule has 3 saturated heterocycles. The van der Waals surface area contributed by atoms with E-state index in [9.17, 15) is 19.6 Å². The van der Waals surface area contributed by atoms with E-state index in [4.69, 9.17) is 23.2 Å². The molecule has 1 aliphatic carbocycles. The van der Waals surface area contributed by atoms with Gasteiger partial charge >= 0.3 is 6.03 Å². The Morgan fingerprint density at radius 1 is 1.08 bits per heavy atom. The molecule has 3 heterocycles. The Morgan fingerprint density at radius 2 is 1.78 bits per heavy atom. The molecular formula is C27H24Cl2N4O3. The van der Waals surface area contributed by atoms with Gasteiger partial charge in [0.25, 0.3) is 5.91 Å². The summed E-state index contributed by atoms with van der Waals surface area (Å²) >= 11 is 12.5. The van der Waals surface area contributed by atoms with Crippen LogP contribution in [0.1, 0.15) is 48.8 Å². The van der Waals surface area contributed by atoms with Crippen molar-refractivity contribution in [2.45, 2.75) is 62.6 Å². The predicted octanol–water partition coefficient (Wildman–Crippen LogP) is 4.81. The summed E-state index contributed by atoms with van der Waals surface area (Å²) in [6.07, 6.45) is 4.06. The van der Waals surface area contributed by atoms with Crippen LogP contribution in [0.2, 0.25) is 10.0 Å². The monoisotopic (exact) mass is 522 g/mol. The Hall–Kier alpha value is -3.08. The van der Waals surface area contributed by atoms with E-state index in [1.165, 1.54) is 11.0 Å². The quantitative estimate of drug-likeness (QED) is 0.541. The zero-order chi connectivity index (χ0) is 25.4. The summed E-state index contributed by atoms with van der Waals surface area (Å²) in [5.74, 6) is -0.299. The lowest BCUT2D eigenvalue weighted by atomic mass is 9.77. The van der Waals surface area contributed by atoms with Crippen LogP contribution in [0.4, 0.5) is 10.5 Å². The van der Waals surface area contributed by atoms with Gasteiger partial charge in [-0.3, -0.25) is 9.59 Å². The van der Waals surface area contributed by atoms with Gasteiger partial charge in [-0.2, -0.15) is 5.26 Å². The van der Waals surface area contributed by atoms with Gasteiger partial charge in [-0.1, -0.05) is 48.2 Å². The molecule has 4 fully saturated rings. The molecule has 1 saturated carbocycles. The van der Waals surface area contributed by atoms with E-state index >= 15 is 0 Å². The maximum absolute atomic E-state index is 14.2. The van der Waals surface area contributed by atoms with Crippen LogP contribution in [0.5, 0.6) is 0 Å². The first-order chi connectivity index (χ1) is 17.3. The number of imide groups is 1. The number of anilines is 1. The number of carbonyl (C=O) groups is 3. The average Bonchev–Trinajstić information content (AvgIpc) is 3.65. The molecule has 0 spiro atoms. The van der Waals surface area contributed by atoms with Crippen molar-refractivity contribution in [3.8, 4) is 6.07 Å². The van der Waals surface area contributed by atoms with Crippen molar-refractivity contribution in [2.75, 3.05) is 11.4 Å². The maximum atomic E-state index is 14.2. The molecule has 6 rings (SSSR count). The molecule has 2 aromatic carbocycles. The van der Waals surface area contributed by atoms with Crippen LogP contribution in [0.25, 0.3) is 0 Å². The number of rotatable bonds is 3. The summed E-state index contributed by atoms with van der Waals surface area (Å²) in [4.78, 5) is 46.0. The van der Waals surface area contributed by atoms with Crippen molar-refractivity contribution in [3.63, 3.8) is 0 Å². The molecule has 4 amide bonds. The first-order valence-electron chi connectivity index (χ1n) is 12.2. The van der Waals surface area contributed by atoms with Gasteiger partial charge in [-0.15, -0.1) is 0 Å². The smallest absolute Gasteiger partial charge is 0.332 e. The highest BCUT2D eigenvalue weighted by Gasteiger charge is 2.64. The van der Waals surface area contributed by atoms with Gasteiger partial charge in [0.1, 0.15) is 12.1 Å². The van der Waals surface area contributed by atoms with Gasteiger partial charge in [0.2, 0.25) is 5.91 Å². The summed E-state index contributed by atoms with van der Waals surface area (Å²) < 4.78 is 0. The topological polar surface area (TPSA) is 84.7 Å². The third kappa shape index (κ3) is 3.07. The molecule has 4 aliphatic rings. The zero-order valence-electron chi connectivity index (χ0n) is 19.7. The summed E-state index contributed by atoms with van der Waals surface area (Å²) in [6, 6.07) is 11.0. The van der Waals surface area contributed by atoms with Crippen molar-refractivity contribution in [3.05, 3.63) is 63.1 Å². The number of urea groups is 1. The highest BCUT2D eigenvalue weighted by Crippen LogP contribution is 2.48. The van der Waals surface area contributed by atoms with E-state index in [0.29, 0.717) is 34.8 Å². The van der Waals surface area contributed by atoms with Crippen LogP contribution in [0.15, 0.2) is 36.4 Å². The van der Waals surface area contributed by atoms with E-state index in [1.807, 2.05) is 35.2 Å². The molecule has 184 valence electrons. The van der Waals surface area contributed by atoms with Gasteiger partial charge in [-0.05, 0) is 61.6 Å². The van der Waals surface area contributed by atoms with Crippen LogP contribution in [-0.4, -0.2) is 52.3 Å². The number of carbonyl (C=O) groups excluding carboxylic acids is 3. The Labute approximate surface area is 219 Å². The standard InChI is InChI=1S/C27H24Cl2N4O3/c1-15-20(9-4-16(13-30)22(15)29)33-24(34)23-21-12-19(32(23)26(33)36)14-31(21)25(35)27(10-2-3-11-27)17-5-7-18(28)8-6-17/h4-9,19,21,23H,2-3,10-12,14H2,1H3/t19-,21?,23?/m1/s1. The predicted molar refractivity (Wildman–Crippen MR) is 135 cm³/mol. The second kappa shape index (κ2) is 8.22. The minimum absolute atomic E-state index is 0.0470. The average molecular weight is 523 g/mol. The van der Waals surface area contributed by atoms with Gasteiger partial charge in [0.15, 0.2) is 0 Å². The number of amides is 4. The van der Waals surface area contributed by atoms with Crippen LogP contribution in [0.3, 0.4) is 0 Å². The molecule has 7 nitrogen and oxygen atoms in total. The number of piperazine rings is 1. The van der Waals surface area contributed by atoms with Crippen molar-refractivity contribution in [1.82, 2.24) is 9.80 Å². The van der Waals surface area contributed by atoms with Gasteiger partial charge in [0, 0.05) is 11.6 Å². The van der Waals surface area contributed by atoms with E-state index in [0.717, 1.165) is 31.2 Å². The van der Waals surface area contributed by atoms with E-state index in [1.54, 1.807) is 17.9 Å². The van der Waals surface area contributed by atoms with Crippen molar-refractivity contribution in [2.24, 2.45) is 0 Å². The van der Waals surface area contributed by atoms with Crippen LogP contribution < -0.4 is 4.90 Å². The van der Waals surface area contributed by atoms with Gasteiger partial charge < -0.3 is 9.80 Å². The lowest BCUT2D eigenvalue weighted by molar-refractivity contribution is -0.141. The Morgan fingerprint density at radius 3 is 2.44 bits per heavy atom. The lowest BCUT2D eigenvalue weighted by Crippen LogP contribution is -2.58. The fourth-order valence-corrected chi connectivity index (χ4v) is 7.09. The molecule has 3 aliphatic heterocycles. The zero-order valence-corrected chi connectivity index (χ0v) is 21.2. The maximum Gasteiger partial charge on any atom is 0.332 e. The summed E-state index contributed by atoms with van der Waals surface area (Å²) in [5.41, 5.74) is 1.52. The molecule has 2 bridgehead atoms. The summed E-state index contributed by atoms with van der Waals surface area (Å²) in [7, 11) is 0. The molecule has 2 aromatic rings. The van der Waals surface area contributed by atoms with E-state index in [-0.39, 0.29) is 35.0 Å². The number of nitriles is 1. The summed E-state index contributed by atoms with van der Waals surface area (Å²) in [6.45, 7) is 2.12. The fourth-order valence-electron chi connectivity index (χ4n) is 6.76. The Kier molecular flexibility index (Phi) is 5.33. The molecule has 0 aromatic heterocycles. The van der Waals surface area contributed by atoms with Crippen LogP contribution in [0, 0.1) is 18.3 Å². The minimum Gasteiger partial charge on any atom is -0.334 e. The number of nitrogens with zero attached hydrogens (tertiary/aromatic N) is 4. The molecular weight excluding hydrogens is 499 g/mol. The van der Waals surface area contributed by atoms with Gasteiger partial charge in [-0.25, -0.2) is 9.69 Å². The summed E-state index contributed by atoms with van der Waals surface area (Å²) in [5, 5.41) is 10.1. The molecule has 9 heteroatoms. The number of benzene rings is 2. The lowest BCUT2D eigenvalue weighted by Gasteiger charge is -2.40. The van der Waals surface area contributed by atoms with E-state index in [2.05, 4.69) is 0 Å². The normalized spacial score (nSPS) is 26.1. The third-order valence-electron chi connectivity index (χ3n) is 8.51. The largest absolute Gasteiger partial charge is 0.334 e. The Bertz CT molecular complexity index is 1350. The number of halogens is 2. The molecule has 0 radical (unpaired) electrons. The fraction of sp³-hybridized carbons (Fsp3) is 0.407. The molecule has 2 unspecified atom stereocenters. The first kappa shape index (κ1) is 23.3. The second-order valence-corrected chi connectivity index (χ2v) is 11.0. The van der Waals surface area contributed by atoms with E-state index < -0.39 is 11.5 Å². The number of hydrogen-bond acceptors (Lipinski definition) is 4. The number of fused-ring (bicyclic) bond motifs is 5. The van der Waals surface area contributed by atoms with Crippen molar-refractivity contribution in [1.29, 1.82) is 5.26 Å². The number of likely N-dealkylation sites (tertiary alicyclic amines) is 1. The van der Waals surface area contributed by atoms with Crippen LogP contribution >= 0.6 is 23.2 Å². The highest BCUT2D eigenvalue weighted by molar-refractivity contribution is 6.33. The first-order valence-corrected chi connectivity index (χ1v) is 13.0. The second-order valence-electron chi connectivity index (χ2n) is 10.2. The number of hydrogen-bond donors (Lipinski definition) is 0. The van der Waals surface area contributed by atoms with Gasteiger partial charge in [0.05, 0.1) is 33.8 Å².